The maximum Gasteiger partial charge on any atom is 0.338 e. The molecule has 0 aliphatic carbocycles. The van der Waals surface area contributed by atoms with E-state index in [0.29, 0.717) is 12.6 Å². The third-order valence-electron chi connectivity index (χ3n) is 5.10. The van der Waals surface area contributed by atoms with Crippen molar-refractivity contribution in [3.8, 4) is 0 Å². The number of hydrogen-bond acceptors (Lipinski definition) is 5. The first-order chi connectivity index (χ1) is 10.8. The van der Waals surface area contributed by atoms with Crippen LogP contribution in [0.25, 0.3) is 0 Å². The molecule has 0 aromatic heterocycles. The second-order valence-electron chi connectivity index (χ2n) is 6.26. The van der Waals surface area contributed by atoms with Crippen molar-refractivity contribution in [1.29, 1.82) is 0 Å². The quantitative estimate of drug-likeness (QED) is 0.844. The van der Waals surface area contributed by atoms with E-state index >= 15 is 0 Å². The molecule has 2 fully saturated rings. The molecule has 0 saturated carbocycles. The molecular weight excluding hydrogens is 292 g/mol. The van der Waals surface area contributed by atoms with Gasteiger partial charge in [-0.2, -0.15) is 0 Å². The Morgan fingerprint density at radius 1 is 1.39 bits per heavy atom. The zero-order valence-corrected chi connectivity index (χ0v) is 12.9. The number of esters is 1. The molecule has 3 aliphatic rings. The summed E-state index contributed by atoms with van der Waals surface area (Å²) in [4.78, 5) is 14.3. The van der Waals surface area contributed by atoms with Crippen LogP contribution in [0.2, 0.25) is 0 Å². The molecule has 126 valence electrons. The topological polar surface area (TPSA) is 50.8 Å². The highest BCUT2D eigenvalue weighted by Gasteiger charge is 2.34. The average molecular weight is 318 g/mol. The second kappa shape index (κ2) is 6.59. The first kappa shape index (κ1) is 16.4. The van der Waals surface area contributed by atoms with Crippen molar-refractivity contribution < 1.29 is 14.3 Å². The van der Waals surface area contributed by atoms with Gasteiger partial charge < -0.3 is 14.8 Å². The van der Waals surface area contributed by atoms with Crippen molar-refractivity contribution in [2.75, 3.05) is 32.8 Å². The molecule has 3 aliphatic heterocycles. The average Bonchev–Trinajstić information content (AvgIpc) is 2.95. The fourth-order valence-electron chi connectivity index (χ4n) is 3.89. The molecule has 1 N–H and O–H groups in total. The lowest BCUT2D eigenvalue weighted by Crippen LogP contribution is -2.57. The summed E-state index contributed by atoms with van der Waals surface area (Å²) in [5, 5.41) is 3.42. The first-order valence-corrected chi connectivity index (χ1v) is 8.16. The van der Waals surface area contributed by atoms with Crippen LogP contribution in [0.15, 0.2) is 12.1 Å². The molecule has 0 radical (unpaired) electrons. The summed E-state index contributed by atoms with van der Waals surface area (Å²) in [7, 11) is 0. The number of ether oxygens (including phenoxy) is 2. The van der Waals surface area contributed by atoms with Crippen molar-refractivity contribution in [1.82, 2.24) is 10.2 Å². The highest BCUT2D eigenvalue weighted by atomic mass is 16.5. The summed E-state index contributed by atoms with van der Waals surface area (Å²) in [6.07, 6.45) is 1.00. The van der Waals surface area contributed by atoms with E-state index in [1.165, 1.54) is 11.1 Å². The number of nitrogens with zero attached hydrogens (tertiary/aromatic N) is 1. The van der Waals surface area contributed by atoms with Gasteiger partial charge in [0.25, 0.3) is 0 Å². The smallest absolute Gasteiger partial charge is 0.338 e. The van der Waals surface area contributed by atoms with Crippen LogP contribution in [-0.4, -0.2) is 49.7 Å². The highest BCUT2D eigenvalue weighted by Crippen LogP contribution is 2.34. The maximum absolute atomic E-state index is 11.7. The summed E-state index contributed by atoms with van der Waals surface area (Å²) in [6.45, 7) is 7.40. The highest BCUT2D eigenvalue weighted by molar-refractivity contribution is 5.94. The molecule has 2 saturated heterocycles. The fourth-order valence-corrected chi connectivity index (χ4v) is 3.89. The van der Waals surface area contributed by atoms with Gasteiger partial charge in [0.15, 0.2) is 0 Å². The Bertz CT molecular complexity index is 602. The van der Waals surface area contributed by atoms with Gasteiger partial charge in [0.05, 0.1) is 18.3 Å². The van der Waals surface area contributed by atoms with Crippen LogP contribution in [0.3, 0.4) is 0 Å². The van der Waals surface area contributed by atoms with Crippen molar-refractivity contribution in [2.45, 2.75) is 39.5 Å². The van der Waals surface area contributed by atoms with Gasteiger partial charge in [-0.15, -0.1) is 0 Å². The van der Waals surface area contributed by atoms with E-state index < -0.39 is 0 Å². The molecule has 0 amide bonds. The lowest BCUT2D eigenvalue weighted by Gasteiger charge is -2.43. The number of morpholine rings is 1. The minimum atomic E-state index is -0.192. The number of piperazine rings is 1. The Hall–Kier alpha value is -1.43. The lowest BCUT2D eigenvalue weighted by molar-refractivity contribution is -0.0721. The number of fused-ring (bicyclic) bond motifs is 2. The van der Waals surface area contributed by atoms with Gasteiger partial charge >= 0.3 is 5.97 Å². The van der Waals surface area contributed by atoms with Crippen molar-refractivity contribution in [2.24, 2.45) is 0 Å². The van der Waals surface area contributed by atoms with Crippen LogP contribution >= 0.6 is 0 Å². The van der Waals surface area contributed by atoms with Crippen LogP contribution in [0.5, 0.6) is 0 Å². The molecule has 4 rings (SSSR count). The largest absolute Gasteiger partial charge is 0.457 e. The standard InChI is InChI=1S/C17H22N2O3.CH4/c1-2-12-13(3-4-14-15(12)10-22-17(14)20)16-8-19-6-5-18-7-11(19)9-21-16;/h3-4,11,16,18H,2,5-10H2,1H3;1H4. The number of rotatable bonds is 2. The normalized spacial score (nSPS) is 26.9. The number of carbonyl (C=O) groups excluding carboxylic acids is 1. The Balaban J connectivity index is 0.00000156. The Labute approximate surface area is 137 Å². The van der Waals surface area contributed by atoms with Crippen LogP contribution in [0.4, 0.5) is 0 Å². The molecular formula is C18H26N2O3. The predicted molar refractivity (Wildman–Crippen MR) is 88.6 cm³/mol. The monoisotopic (exact) mass is 318 g/mol. The lowest BCUT2D eigenvalue weighted by atomic mass is 9.91. The summed E-state index contributed by atoms with van der Waals surface area (Å²) >= 11 is 0. The first-order valence-electron chi connectivity index (χ1n) is 8.16. The Morgan fingerprint density at radius 3 is 3.09 bits per heavy atom. The van der Waals surface area contributed by atoms with Crippen molar-refractivity contribution >= 4 is 5.97 Å². The van der Waals surface area contributed by atoms with Gasteiger partial charge in [-0.3, -0.25) is 4.90 Å². The Morgan fingerprint density at radius 2 is 2.26 bits per heavy atom. The van der Waals surface area contributed by atoms with Gasteiger partial charge in [0.2, 0.25) is 0 Å². The van der Waals surface area contributed by atoms with E-state index in [2.05, 4.69) is 23.2 Å². The SMILES string of the molecule is C.CCc1c(C2CN3CCNCC3CO2)ccc2c1COC2=O. The van der Waals surface area contributed by atoms with E-state index in [9.17, 15) is 4.79 Å². The molecule has 0 bridgehead atoms. The summed E-state index contributed by atoms with van der Waals surface area (Å²) in [5.74, 6) is -0.192. The minimum absolute atomic E-state index is 0. The molecule has 5 heteroatoms. The summed E-state index contributed by atoms with van der Waals surface area (Å²) in [6, 6.07) is 4.47. The molecule has 0 spiro atoms. The van der Waals surface area contributed by atoms with Crippen molar-refractivity contribution in [3.63, 3.8) is 0 Å². The van der Waals surface area contributed by atoms with Crippen molar-refractivity contribution in [3.05, 3.63) is 34.4 Å². The van der Waals surface area contributed by atoms with Gasteiger partial charge in [0, 0.05) is 37.8 Å². The van der Waals surface area contributed by atoms with Gasteiger partial charge in [0.1, 0.15) is 6.61 Å². The fraction of sp³-hybridized carbons (Fsp3) is 0.611. The van der Waals surface area contributed by atoms with Gasteiger partial charge in [-0.25, -0.2) is 4.79 Å². The van der Waals surface area contributed by atoms with Gasteiger partial charge in [-0.1, -0.05) is 20.4 Å². The number of hydrogen-bond donors (Lipinski definition) is 1. The molecule has 2 atom stereocenters. The molecule has 2 unspecified atom stereocenters. The Kier molecular flexibility index (Phi) is 4.71. The zero-order chi connectivity index (χ0) is 15.1. The number of nitrogens with one attached hydrogen (secondary N) is 1. The van der Waals surface area contributed by atoms with E-state index in [1.54, 1.807) is 0 Å². The van der Waals surface area contributed by atoms with E-state index in [-0.39, 0.29) is 19.5 Å². The van der Waals surface area contributed by atoms with Crippen LogP contribution in [0, 0.1) is 0 Å². The van der Waals surface area contributed by atoms with Crippen LogP contribution in [-0.2, 0) is 22.5 Å². The van der Waals surface area contributed by atoms with E-state index in [1.807, 2.05) is 6.07 Å². The summed E-state index contributed by atoms with van der Waals surface area (Å²) in [5.41, 5.74) is 4.27. The second-order valence-corrected chi connectivity index (χ2v) is 6.26. The van der Waals surface area contributed by atoms with Crippen LogP contribution in [0.1, 0.15) is 47.5 Å². The minimum Gasteiger partial charge on any atom is -0.457 e. The molecule has 1 aromatic rings. The molecule has 3 heterocycles. The predicted octanol–water partition coefficient (Wildman–Crippen LogP) is 1.90. The van der Waals surface area contributed by atoms with E-state index in [4.69, 9.17) is 9.47 Å². The maximum atomic E-state index is 11.7. The van der Waals surface area contributed by atoms with E-state index in [0.717, 1.165) is 50.3 Å². The number of cyclic esters (lactones) is 1. The van der Waals surface area contributed by atoms with Gasteiger partial charge in [-0.05, 0) is 23.6 Å². The van der Waals surface area contributed by atoms with Crippen LogP contribution < -0.4 is 5.32 Å². The molecule has 5 nitrogen and oxygen atoms in total. The summed E-state index contributed by atoms with van der Waals surface area (Å²) < 4.78 is 11.4. The molecule has 23 heavy (non-hydrogen) atoms. The zero-order valence-electron chi connectivity index (χ0n) is 12.9. The number of benzene rings is 1. The number of carbonyl (C=O) groups is 1. The third kappa shape index (κ3) is 2.77. The molecule has 1 aromatic carbocycles. The third-order valence-corrected chi connectivity index (χ3v) is 5.10.